The van der Waals surface area contributed by atoms with Crippen molar-refractivity contribution in [1.29, 1.82) is 0 Å². The molecule has 0 saturated heterocycles. The van der Waals surface area contributed by atoms with Crippen molar-refractivity contribution in [3.05, 3.63) is 69.7 Å². The number of amides is 2. The van der Waals surface area contributed by atoms with Gasteiger partial charge in [0.25, 0.3) is 0 Å². The Hall–Kier alpha value is -2.44. The van der Waals surface area contributed by atoms with Crippen LogP contribution in [0.3, 0.4) is 0 Å². The van der Waals surface area contributed by atoms with Crippen molar-refractivity contribution in [2.45, 2.75) is 26.7 Å². The van der Waals surface area contributed by atoms with Crippen LogP contribution < -0.4 is 10.6 Å². The van der Waals surface area contributed by atoms with E-state index in [-0.39, 0.29) is 11.9 Å². The summed E-state index contributed by atoms with van der Waals surface area (Å²) >= 11 is 7.48. The second kappa shape index (κ2) is 8.50. The van der Waals surface area contributed by atoms with Gasteiger partial charge >= 0.3 is 6.03 Å². The summed E-state index contributed by atoms with van der Waals surface area (Å²) in [7, 11) is 0. The molecule has 2 amide bonds. The molecule has 27 heavy (non-hydrogen) atoms. The predicted octanol–water partition coefficient (Wildman–Crippen LogP) is 5.93. The number of hydrogen-bond acceptors (Lipinski definition) is 4. The maximum Gasteiger partial charge on any atom is 0.325 e. The monoisotopic (exact) mass is 400 g/mol. The van der Waals surface area contributed by atoms with Gasteiger partial charge in [-0.25, -0.2) is 4.79 Å². The van der Waals surface area contributed by atoms with Gasteiger partial charge in [0.05, 0.1) is 0 Å². The second-order valence-corrected chi connectivity index (χ2v) is 8.04. The highest BCUT2D eigenvalue weighted by Gasteiger charge is 2.22. The van der Waals surface area contributed by atoms with Gasteiger partial charge in [-0.15, -0.1) is 10.2 Å². The summed E-state index contributed by atoms with van der Waals surface area (Å²) in [6, 6.07) is 15.2. The summed E-state index contributed by atoms with van der Waals surface area (Å²) < 4.78 is 0. The summed E-state index contributed by atoms with van der Waals surface area (Å²) in [6.45, 7) is 6.22. The molecule has 0 bridgehead atoms. The van der Waals surface area contributed by atoms with Gasteiger partial charge in [0.1, 0.15) is 5.01 Å². The minimum absolute atomic E-state index is 0.137. The summed E-state index contributed by atoms with van der Waals surface area (Å²) in [5.41, 5.74) is 2.77. The fraction of sp³-hybridized carbons (Fsp3) is 0.250. The topological polar surface area (TPSA) is 66.9 Å². The summed E-state index contributed by atoms with van der Waals surface area (Å²) in [6.07, 6.45) is 0. The van der Waals surface area contributed by atoms with Crippen molar-refractivity contribution in [3.63, 3.8) is 0 Å². The second-order valence-electron chi connectivity index (χ2n) is 6.62. The molecule has 3 aromatic rings. The molecule has 0 radical (unpaired) electrons. The quantitative estimate of drug-likeness (QED) is 0.557. The number of urea groups is 1. The van der Waals surface area contributed by atoms with Gasteiger partial charge in [0.15, 0.2) is 0 Å². The van der Waals surface area contributed by atoms with E-state index in [9.17, 15) is 4.79 Å². The largest absolute Gasteiger partial charge is 0.325 e. The van der Waals surface area contributed by atoms with Gasteiger partial charge in [-0.05, 0) is 36.1 Å². The summed E-state index contributed by atoms with van der Waals surface area (Å²) in [5, 5.41) is 15.9. The van der Waals surface area contributed by atoms with E-state index in [4.69, 9.17) is 11.6 Å². The van der Waals surface area contributed by atoms with Crippen LogP contribution in [0.2, 0.25) is 5.02 Å². The van der Waals surface area contributed by atoms with E-state index < -0.39 is 0 Å². The number of benzene rings is 2. The average molecular weight is 401 g/mol. The lowest BCUT2D eigenvalue weighted by molar-refractivity contribution is 0.262. The highest BCUT2D eigenvalue weighted by molar-refractivity contribution is 7.15. The summed E-state index contributed by atoms with van der Waals surface area (Å²) in [5.74, 6) is 0.495. The maximum atomic E-state index is 12.2. The molecule has 5 nitrogen and oxygen atoms in total. The van der Waals surface area contributed by atoms with Crippen LogP contribution in [-0.4, -0.2) is 16.2 Å². The van der Waals surface area contributed by atoms with Gasteiger partial charge in [0.2, 0.25) is 5.13 Å². The lowest BCUT2D eigenvalue weighted by atomic mass is 9.89. The highest BCUT2D eigenvalue weighted by atomic mass is 35.5. The minimum atomic E-state index is -0.376. The standard InChI is InChI=1S/C20H21ClN4OS/c1-12(2)17(14-7-5-4-6-8-14)18-24-25-20(27-18)23-19(26)22-15-10-9-13(3)16(21)11-15/h4-12,17H,1-3H3,(H2,22,23,25,26). The van der Waals surface area contributed by atoms with Crippen LogP contribution in [-0.2, 0) is 0 Å². The molecule has 1 heterocycles. The highest BCUT2D eigenvalue weighted by Crippen LogP contribution is 2.34. The van der Waals surface area contributed by atoms with Crippen molar-refractivity contribution >= 4 is 39.8 Å². The van der Waals surface area contributed by atoms with Crippen LogP contribution in [0, 0.1) is 12.8 Å². The van der Waals surface area contributed by atoms with Gasteiger partial charge < -0.3 is 5.32 Å². The number of nitrogens with zero attached hydrogens (tertiary/aromatic N) is 2. The third kappa shape index (κ3) is 4.84. The third-order valence-corrected chi connectivity index (χ3v) is 5.51. The Balaban J connectivity index is 1.71. The third-order valence-electron chi connectivity index (χ3n) is 4.18. The molecule has 140 valence electrons. The smallest absolute Gasteiger partial charge is 0.308 e. The van der Waals surface area contributed by atoms with Crippen LogP contribution >= 0.6 is 22.9 Å². The zero-order chi connectivity index (χ0) is 19.4. The fourth-order valence-corrected chi connectivity index (χ4v) is 4.03. The van der Waals surface area contributed by atoms with E-state index in [0.29, 0.717) is 21.8 Å². The molecule has 2 aromatic carbocycles. The predicted molar refractivity (Wildman–Crippen MR) is 112 cm³/mol. The molecule has 0 saturated carbocycles. The first kappa shape index (κ1) is 19.3. The van der Waals surface area contributed by atoms with Crippen LogP contribution in [0.4, 0.5) is 15.6 Å². The fourth-order valence-electron chi connectivity index (χ4n) is 2.81. The SMILES string of the molecule is Cc1ccc(NC(=O)Nc2nnc(C(c3ccccc3)C(C)C)s2)cc1Cl. The Labute approximate surface area is 167 Å². The molecule has 2 N–H and O–H groups in total. The van der Waals surface area contributed by atoms with E-state index in [0.717, 1.165) is 10.6 Å². The number of nitrogens with one attached hydrogen (secondary N) is 2. The normalized spacial score (nSPS) is 12.0. The molecule has 0 aliphatic rings. The minimum Gasteiger partial charge on any atom is -0.308 e. The van der Waals surface area contributed by atoms with Crippen LogP contribution in [0.25, 0.3) is 0 Å². The number of rotatable bonds is 5. The molecule has 0 aliphatic carbocycles. The Morgan fingerprint density at radius 1 is 1.07 bits per heavy atom. The first-order chi connectivity index (χ1) is 12.9. The first-order valence-electron chi connectivity index (χ1n) is 8.66. The maximum absolute atomic E-state index is 12.2. The molecule has 1 atom stereocenters. The molecule has 7 heteroatoms. The van der Waals surface area contributed by atoms with E-state index >= 15 is 0 Å². The van der Waals surface area contributed by atoms with Gasteiger partial charge in [0, 0.05) is 16.6 Å². The molecule has 0 spiro atoms. The molecule has 1 unspecified atom stereocenters. The van der Waals surface area contributed by atoms with E-state index in [2.05, 4.69) is 46.8 Å². The van der Waals surface area contributed by atoms with Gasteiger partial charge in [-0.2, -0.15) is 0 Å². The zero-order valence-electron chi connectivity index (χ0n) is 15.4. The van der Waals surface area contributed by atoms with Crippen LogP contribution in [0.15, 0.2) is 48.5 Å². The van der Waals surface area contributed by atoms with Crippen molar-refractivity contribution in [2.24, 2.45) is 5.92 Å². The first-order valence-corrected chi connectivity index (χ1v) is 9.86. The number of carbonyl (C=O) groups is 1. The molecular weight excluding hydrogens is 380 g/mol. The summed E-state index contributed by atoms with van der Waals surface area (Å²) in [4.78, 5) is 12.2. The van der Waals surface area contributed by atoms with Crippen LogP contribution in [0.1, 0.15) is 35.9 Å². The Kier molecular flexibility index (Phi) is 6.08. The number of aromatic nitrogens is 2. The number of halogens is 1. The van der Waals surface area contributed by atoms with E-state index in [1.807, 2.05) is 31.2 Å². The Bertz CT molecular complexity index is 927. The molecule has 0 fully saturated rings. The van der Waals surface area contributed by atoms with Crippen molar-refractivity contribution in [3.8, 4) is 0 Å². The van der Waals surface area contributed by atoms with Crippen molar-refractivity contribution in [2.75, 3.05) is 10.6 Å². The van der Waals surface area contributed by atoms with E-state index in [1.165, 1.54) is 16.9 Å². The number of anilines is 2. The average Bonchev–Trinajstić information content (AvgIpc) is 3.06. The zero-order valence-corrected chi connectivity index (χ0v) is 16.9. The van der Waals surface area contributed by atoms with Gasteiger partial charge in [-0.3, -0.25) is 5.32 Å². The molecule has 1 aromatic heterocycles. The molecule has 3 rings (SSSR count). The van der Waals surface area contributed by atoms with E-state index in [1.54, 1.807) is 12.1 Å². The Morgan fingerprint density at radius 3 is 2.48 bits per heavy atom. The Morgan fingerprint density at radius 2 is 1.81 bits per heavy atom. The number of hydrogen-bond donors (Lipinski definition) is 2. The molecular formula is C20H21ClN4OS. The van der Waals surface area contributed by atoms with Crippen molar-refractivity contribution in [1.82, 2.24) is 10.2 Å². The van der Waals surface area contributed by atoms with Gasteiger partial charge in [-0.1, -0.05) is 73.2 Å². The van der Waals surface area contributed by atoms with Crippen LogP contribution in [0.5, 0.6) is 0 Å². The van der Waals surface area contributed by atoms with Crippen molar-refractivity contribution < 1.29 is 4.79 Å². The lowest BCUT2D eigenvalue weighted by Crippen LogP contribution is -2.19. The molecule has 0 aliphatic heterocycles. The number of aryl methyl sites for hydroxylation is 1. The number of carbonyl (C=O) groups excluding carboxylic acids is 1. The lowest BCUT2D eigenvalue weighted by Gasteiger charge is -2.18.